The van der Waals surface area contributed by atoms with E-state index < -0.39 is 7.14 Å². The smallest absolute Gasteiger partial charge is 0.136 e. The molecule has 0 unspecified atom stereocenters. The molecular formula is C14H31O3P. The van der Waals surface area contributed by atoms with Crippen LogP contribution >= 0.6 is 7.14 Å². The summed E-state index contributed by atoms with van der Waals surface area (Å²) in [7, 11) is -2.64. The van der Waals surface area contributed by atoms with Gasteiger partial charge in [0.05, 0.1) is 12.7 Å². The molecule has 0 atom stereocenters. The number of hydrogen-bond donors (Lipinski definition) is 2. The normalized spacial score (nSPS) is 11.9. The molecule has 0 bridgehead atoms. The second-order valence-corrected chi connectivity index (χ2v) is 8.38. The lowest BCUT2D eigenvalue weighted by Gasteiger charge is -2.11. The summed E-state index contributed by atoms with van der Waals surface area (Å²) in [6.07, 6.45) is 12.2. The van der Waals surface area contributed by atoms with Gasteiger partial charge in [-0.05, 0) is 6.42 Å². The number of rotatable bonds is 13. The van der Waals surface area contributed by atoms with E-state index in [-0.39, 0.29) is 12.7 Å². The lowest BCUT2D eigenvalue weighted by atomic mass is 10.1. The van der Waals surface area contributed by atoms with Gasteiger partial charge in [0.2, 0.25) is 0 Å². The highest BCUT2D eigenvalue weighted by molar-refractivity contribution is 7.63. The summed E-state index contributed by atoms with van der Waals surface area (Å²) in [6.45, 7) is 2.23. The van der Waals surface area contributed by atoms with Crippen LogP contribution in [0.5, 0.6) is 0 Å². The van der Waals surface area contributed by atoms with Crippen molar-refractivity contribution in [3.63, 3.8) is 0 Å². The molecule has 18 heavy (non-hydrogen) atoms. The molecule has 0 aliphatic heterocycles. The lowest BCUT2D eigenvalue weighted by molar-refractivity contribution is 0.324. The average molecular weight is 278 g/mol. The van der Waals surface area contributed by atoms with Crippen LogP contribution in [-0.2, 0) is 4.57 Å². The first-order valence-electron chi connectivity index (χ1n) is 7.47. The highest BCUT2D eigenvalue weighted by Gasteiger charge is 2.18. The monoisotopic (exact) mass is 278 g/mol. The Kier molecular flexibility index (Phi) is 12.3. The van der Waals surface area contributed by atoms with Gasteiger partial charge in [-0.15, -0.1) is 0 Å². The first-order valence-corrected chi connectivity index (χ1v) is 9.73. The summed E-state index contributed by atoms with van der Waals surface area (Å²) in [5.74, 6) is 0. The lowest BCUT2D eigenvalue weighted by Crippen LogP contribution is -1.99. The van der Waals surface area contributed by atoms with E-state index in [9.17, 15) is 4.57 Å². The van der Waals surface area contributed by atoms with Crippen molar-refractivity contribution in [3.05, 3.63) is 0 Å². The average Bonchev–Trinajstić information content (AvgIpc) is 2.40. The van der Waals surface area contributed by atoms with E-state index in [1.165, 1.54) is 51.4 Å². The number of hydrogen-bond acceptors (Lipinski definition) is 3. The van der Waals surface area contributed by atoms with Crippen molar-refractivity contribution < 1.29 is 14.8 Å². The third-order valence-electron chi connectivity index (χ3n) is 3.43. The minimum atomic E-state index is -2.64. The summed E-state index contributed by atoms with van der Waals surface area (Å²) < 4.78 is 11.7. The van der Waals surface area contributed by atoms with Crippen LogP contribution in [0.4, 0.5) is 0 Å². The second kappa shape index (κ2) is 12.2. The van der Waals surface area contributed by atoms with Crippen molar-refractivity contribution in [3.8, 4) is 0 Å². The van der Waals surface area contributed by atoms with Crippen molar-refractivity contribution in [2.24, 2.45) is 0 Å². The molecule has 0 saturated heterocycles. The van der Waals surface area contributed by atoms with Crippen molar-refractivity contribution in [2.45, 2.75) is 71.1 Å². The standard InChI is InChI=1S/C14H31O3P/c1-2-3-4-5-6-7-8-9-10-11-12-18(17,13-15)14-16/h15-16H,2-14H2,1H3. The topological polar surface area (TPSA) is 57.5 Å². The van der Waals surface area contributed by atoms with Crippen LogP contribution in [0.1, 0.15) is 71.1 Å². The summed E-state index contributed by atoms with van der Waals surface area (Å²) in [5.41, 5.74) is 0. The van der Waals surface area contributed by atoms with Crippen LogP contribution in [0, 0.1) is 0 Å². The highest BCUT2D eigenvalue weighted by Crippen LogP contribution is 2.43. The Morgan fingerprint density at radius 3 is 1.50 bits per heavy atom. The van der Waals surface area contributed by atoms with Gasteiger partial charge in [-0.1, -0.05) is 64.7 Å². The van der Waals surface area contributed by atoms with Crippen molar-refractivity contribution in [2.75, 3.05) is 18.9 Å². The van der Waals surface area contributed by atoms with Crippen LogP contribution < -0.4 is 0 Å². The first kappa shape index (κ1) is 18.1. The summed E-state index contributed by atoms with van der Waals surface area (Å²) in [4.78, 5) is 0. The molecule has 0 aliphatic carbocycles. The largest absolute Gasteiger partial charge is 0.389 e. The Balaban J connectivity index is 3.23. The van der Waals surface area contributed by atoms with Gasteiger partial charge < -0.3 is 14.8 Å². The van der Waals surface area contributed by atoms with E-state index >= 15 is 0 Å². The van der Waals surface area contributed by atoms with E-state index in [2.05, 4.69) is 6.92 Å². The minimum absolute atomic E-state index is 0.346. The minimum Gasteiger partial charge on any atom is -0.389 e. The van der Waals surface area contributed by atoms with E-state index in [1.807, 2.05) is 0 Å². The zero-order chi connectivity index (χ0) is 13.7. The van der Waals surface area contributed by atoms with Crippen LogP contribution in [0.25, 0.3) is 0 Å². The fourth-order valence-corrected chi connectivity index (χ4v) is 3.25. The predicted molar refractivity (Wildman–Crippen MR) is 78.5 cm³/mol. The molecule has 0 saturated carbocycles. The van der Waals surface area contributed by atoms with Crippen molar-refractivity contribution in [1.82, 2.24) is 0 Å². The number of aliphatic hydroxyl groups excluding tert-OH is 2. The van der Waals surface area contributed by atoms with E-state index in [0.717, 1.165) is 12.8 Å². The molecule has 0 spiro atoms. The van der Waals surface area contributed by atoms with Crippen LogP contribution in [0.2, 0.25) is 0 Å². The van der Waals surface area contributed by atoms with Crippen LogP contribution in [-0.4, -0.2) is 29.1 Å². The van der Waals surface area contributed by atoms with Crippen LogP contribution in [0.15, 0.2) is 0 Å². The molecule has 0 fully saturated rings. The zero-order valence-electron chi connectivity index (χ0n) is 11.9. The molecule has 110 valence electrons. The van der Waals surface area contributed by atoms with E-state index in [4.69, 9.17) is 10.2 Å². The highest BCUT2D eigenvalue weighted by atomic mass is 31.2. The number of unbranched alkanes of at least 4 members (excludes halogenated alkanes) is 9. The molecule has 4 heteroatoms. The molecule has 0 heterocycles. The van der Waals surface area contributed by atoms with Gasteiger partial charge in [0.25, 0.3) is 0 Å². The van der Waals surface area contributed by atoms with E-state index in [1.54, 1.807) is 0 Å². The summed E-state index contributed by atoms with van der Waals surface area (Å²) in [6, 6.07) is 0. The van der Waals surface area contributed by atoms with Gasteiger partial charge in [0.1, 0.15) is 7.14 Å². The zero-order valence-corrected chi connectivity index (χ0v) is 12.8. The Labute approximate surface area is 112 Å². The Morgan fingerprint density at radius 2 is 1.11 bits per heavy atom. The van der Waals surface area contributed by atoms with Gasteiger partial charge in [-0.25, -0.2) is 0 Å². The van der Waals surface area contributed by atoms with Gasteiger partial charge in [0, 0.05) is 6.16 Å². The Bertz CT molecular complexity index is 211. The van der Waals surface area contributed by atoms with Gasteiger partial charge in [-0.3, -0.25) is 0 Å². The molecule has 0 amide bonds. The molecule has 0 aliphatic rings. The third kappa shape index (κ3) is 10.1. The maximum Gasteiger partial charge on any atom is 0.136 e. The molecule has 0 rings (SSSR count). The SMILES string of the molecule is CCCCCCCCCCCCP(=O)(CO)CO. The fourth-order valence-electron chi connectivity index (χ4n) is 2.07. The molecule has 2 N–H and O–H groups in total. The Morgan fingerprint density at radius 1 is 0.722 bits per heavy atom. The van der Waals surface area contributed by atoms with Gasteiger partial charge in [0.15, 0.2) is 0 Å². The molecule has 0 radical (unpaired) electrons. The fraction of sp³-hybridized carbons (Fsp3) is 1.00. The Hall–Kier alpha value is 0.150. The van der Waals surface area contributed by atoms with Gasteiger partial charge in [-0.2, -0.15) is 0 Å². The summed E-state index contributed by atoms with van der Waals surface area (Å²) in [5, 5.41) is 17.8. The van der Waals surface area contributed by atoms with E-state index in [0.29, 0.717) is 6.16 Å². The van der Waals surface area contributed by atoms with Crippen molar-refractivity contribution >= 4 is 7.14 Å². The quantitative estimate of drug-likeness (QED) is 0.392. The predicted octanol–water partition coefficient (Wildman–Crippen LogP) is 4.17. The third-order valence-corrected chi connectivity index (χ3v) is 5.60. The molecule has 0 aromatic heterocycles. The first-order chi connectivity index (χ1) is 8.68. The second-order valence-electron chi connectivity index (χ2n) is 5.25. The van der Waals surface area contributed by atoms with Crippen molar-refractivity contribution in [1.29, 1.82) is 0 Å². The molecule has 0 aromatic rings. The molecular weight excluding hydrogens is 247 g/mol. The maximum atomic E-state index is 11.7. The number of aliphatic hydroxyl groups is 2. The summed E-state index contributed by atoms with van der Waals surface area (Å²) >= 11 is 0. The van der Waals surface area contributed by atoms with Crippen LogP contribution in [0.3, 0.4) is 0 Å². The van der Waals surface area contributed by atoms with Gasteiger partial charge >= 0.3 is 0 Å². The molecule has 3 nitrogen and oxygen atoms in total. The maximum absolute atomic E-state index is 11.7. The molecule has 0 aromatic carbocycles.